The highest BCUT2D eigenvalue weighted by Gasteiger charge is 2.45. The highest BCUT2D eigenvalue weighted by Crippen LogP contribution is 2.50. The number of fused-ring (bicyclic) bond motifs is 17. The summed E-state index contributed by atoms with van der Waals surface area (Å²) in [4.78, 5) is 2.66. The molecule has 0 atom stereocenters. The molecule has 0 saturated heterocycles. The predicted molar refractivity (Wildman–Crippen MR) is 269 cm³/mol. The van der Waals surface area contributed by atoms with E-state index in [4.69, 9.17) is 8.83 Å². The molecule has 12 aromatic rings. The van der Waals surface area contributed by atoms with Crippen LogP contribution in [0, 0.1) is 6.92 Å². The van der Waals surface area contributed by atoms with E-state index in [9.17, 15) is 0 Å². The maximum absolute atomic E-state index is 6.80. The smallest absolute Gasteiger partial charge is 0.333 e. The zero-order valence-electron chi connectivity index (χ0n) is 36.4. The third kappa shape index (κ3) is 4.72. The summed E-state index contributed by atoms with van der Waals surface area (Å²) in [6, 6.07) is 50.5. The van der Waals surface area contributed by atoms with Crippen molar-refractivity contribution < 1.29 is 8.83 Å². The minimum absolute atomic E-state index is 0.00571. The molecule has 63 heavy (non-hydrogen) atoms. The van der Waals surface area contributed by atoms with Gasteiger partial charge in [0, 0.05) is 75.1 Å². The van der Waals surface area contributed by atoms with Gasteiger partial charge in [0.1, 0.15) is 22.3 Å². The first-order valence-corrected chi connectivity index (χ1v) is 23.0. The van der Waals surface area contributed by atoms with Crippen LogP contribution in [0.5, 0.6) is 0 Å². The number of furan rings is 2. The van der Waals surface area contributed by atoms with E-state index in [0.29, 0.717) is 0 Å². The number of hydrogen-bond donors (Lipinski definition) is 0. The molecule has 6 heterocycles. The van der Waals surface area contributed by atoms with Crippen LogP contribution in [0.4, 0.5) is 11.4 Å². The highest BCUT2D eigenvalue weighted by molar-refractivity contribution is 7.26. The van der Waals surface area contributed by atoms with Gasteiger partial charge < -0.3 is 18.2 Å². The van der Waals surface area contributed by atoms with Crippen molar-refractivity contribution in [1.82, 2.24) is 4.57 Å². The lowest BCUT2D eigenvalue weighted by Gasteiger charge is -2.42. The molecule has 4 nitrogen and oxygen atoms in total. The Kier molecular flexibility index (Phi) is 6.72. The quantitative estimate of drug-likeness (QED) is 0.155. The molecule has 0 aliphatic carbocycles. The van der Waals surface area contributed by atoms with Crippen molar-refractivity contribution in [2.24, 2.45) is 0 Å². The summed E-state index contributed by atoms with van der Waals surface area (Å²) < 4.78 is 18.6. The Hall–Kier alpha value is -6.76. The maximum atomic E-state index is 6.80. The molecule has 0 radical (unpaired) electrons. The van der Waals surface area contributed by atoms with Crippen LogP contribution >= 0.6 is 11.3 Å². The van der Waals surface area contributed by atoms with Gasteiger partial charge in [-0.3, -0.25) is 0 Å². The molecule has 8 aromatic carbocycles. The number of thiophene rings is 1. The van der Waals surface area contributed by atoms with E-state index >= 15 is 0 Å². The normalized spacial score (nSPS) is 13.9. The minimum Gasteiger partial charge on any atom is -0.456 e. The summed E-state index contributed by atoms with van der Waals surface area (Å²) >= 11 is 1.89. The van der Waals surface area contributed by atoms with Crippen molar-refractivity contribution in [1.29, 1.82) is 0 Å². The number of hydrogen-bond acceptors (Lipinski definition) is 4. The fraction of sp³-hybridized carbons (Fsp3) is 0.158. The molecule has 4 aromatic heterocycles. The molecular formula is C57H43BN2O2S. The van der Waals surface area contributed by atoms with E-state index in [1.807, 2.05) is 11.3 Å². The zero-order chi connectivity index (χ0) is 42.4. The van der Waals surface area contributed by atoms with Crippen LogP contribution in [0.2, 0.25) is 0 Å². The van der Waals surface area contributed by atoms with Crippen LogP contribution in [0.1, 0.15) is 58.2 Å². The van der Waals surface area contributed by atoms with Crippen molar-refractivity contribution in [3.05, 3.63) is 150 Å². The van der Waals surface area contributed by atoms with Gasteiger partial charge in [-0.05, 0) is 118 Å². The second-order valence-corrected chi connectivity index (χ2v) is 21.3. The second-order valence-electron chi connectivity index (χ2n) is 20.2. The van der Waals surface area contributed by atoms with E-state index in [0.717, 1.165) is 43.9 Å². The number of rotatable bonds is 1. The second kappa shape index (κ2) is 11.8. The van der Waals surface area contributed by atoms with E-state index < -0.39 is 0 Å². The number of anilines is 2. The first-order chi connectivity index (χ1) is 30.4. The number of nitrogens with zero attached hydrogens (tertiary/aromatic N) is 2. The Morgan fingerprint density at radius 2 is 1.19 bits per heavy atom. The molecule has 0 amide bonds. The Morgan fingerprint density at radius 3 is 1.98 bits per heavy atom. The summed E-state index contributed by atoms with van der Waals surface area (Å²) in [5.41, 5.74) is 18.7. The van der Waals surface area contributed by atoms with Gasteiger partial charge in [-0.25, -0.2) is 0 Å². The number of aromatic nitrogens is 1. The van der Waals surface area contributed by atoms with E-state index in [1.165, 1.54) is 97.8 Å². The van der Waals surface area contributed by atoms with Crippen molar-refractivity contribution in [3.8, 4) is 16.8 Å². The average molecular weight is 831 g/mol. The summed E-state index contributed by atoms with van der Waals surface area (Å²) in [5.74, 6) is 0. The standard InChI is InChI=1S/C57H43BN2O2S/c1-30-22-41-36-27-49-39(37-23-32(57(5,6)7)18-21-48(37)62-49)26-45(36)60(33-19-16-31(17-20-33)56(2,3)4)58-43-24-40-35-13-9-11-15-51(35)63-52(40)29-46(43)59-44-25-38-34-12-8-10-14-47(34)61-50(38)28-42(44)53(30)55(59)54(41)58/h8-29H,1-7H3. The number of aryl methyl sites for hydroxylation is 1. The first-order valence-electron chi connectivity index (χ1n) is 22.2. The summed E-state index contributed by atoms with van der Waals surface area (Å²) in [6.07, 6.45) is 0. The molecule has 2 aliphatic rings. The molecule has 6 heteroatoms. The lowest BCUT2D eigenvalue weighted by molar-refractivity contribution is 0.590. The molecule has 0 bridgehead atoms. The molecule has 0 unspecified atom stereocenters. The maximum Gasteiger partial charge on any atom is 0.333 e. The van der Waals surface area contributed by atoms with Crippen LogP contribution < -0.4 is 15.7 Å². The molecule has 0 N–H and O–H groups in total. The van der Waals surface area contributed by atoms with Gasteiger partial charge in [0.2, 0.25) is 0 Å². The van der Waals surface area contributed by atoms with E-state index in [-0.39, 0.29) is 17.7 Å². The van der Waals surface area contributed by atoms with Crippen LogP contribution in [0.3, 0.4) is 0 Å². The van der Waals surface area contributed by atoms with Gasteiger partial charge >= 0.3 is 6.85 Å². The lowest BCUT2D eigenvalue weighted by atomic mass is 9.43. The topological polar surface area (TPSA) is 34.5 Å². The van der Waals surface area contributed by atoms with Crippen molar-refractivity contribution in [3.63, 3.8) is 0 Å². The Morgan fingerprint density at radius 1 is 0.508 bits per heavy atom. The van der Waals surface area contributed by atoms with Crippen LogP contribution in [-0.4, -0.2) is 11.4 Å². The molecule has 0 fully saturated rings. The van der Waals surface area contributed by atoms with Gasteiger partial charge in [0.25, 0.3) is 0 Å². The first kappa shape index (κ1) is 35.8. The van der Waals surface area contributed by atoms with Crippen molar-refractivity contribution >= 4 is 126 Å². The van der Waals surface area contributed by atoms with Crippen molar-refractivity contribution in [2.75, 3.05) is 4.81 Å². The molecule has 14 rings (SSSR count). The van der Waals surface area contributed by atoms with Crippen LogP contribution in [0.15, 0.2) is 142 Å². The Balaban J connectivity index is 1.17. The average Bonchev–Trinajstić information content (AvgIpc) is 4.02. The molecular weight excluding hydrogens is 788 g/mol. The molecule has 2 aliphatic heterocycles. The summed E-state index contributed by atoms with van der Waals surface area (Å²) in [6.45, 7) is 15.9. The van der Waals surface area contributed by atoms with Gasteiger partial charge in [0.05, 0.1) is 11.0 Å². The van der Waals surface area contributed by atoms with E-state index in [1.54, 1.807) is 0 Å². The predicted octanol–water partition coefficient (Wildman–Crippen LogP) is 15.1. The van der Waals surface area contributed by atoms with Crippen LogP contribution in [-0.2, 0) is 10.8 Å². The Bertz CT molecular complexity index is 4010. The Labute approximate surface area is 369 Å². The van der Waals surface area contributed by atoms with Crippen LogP contribution in [0.25, 0.3) is 103 Å². The summed E-state index contributed by atoms with van der Waals surface area (Å²) in [5, 5.41) is 9.70. The SMILES string of the molecule is Cc1cc2c3c4c1c1cc5oc6ccccc6c5cc1n4-c1cc4sc5ccccc5c4cc1B3N(c1ccc(C(C)(C)C)cc1)c1cc3c(cc1-2)oc1ccc(C(C)(C)C)cc13. The van der Waals surface area contributed by atoms with Gasteiger partial charge in [-0.15, -0.1) is 11.3 Å². The number of para-hydroxylation sites is 1. The van der Waals surface area contributed by atoms with Gasteiger partial charge in [-0.2, -0.15) is 0 Å². The van der Waals surface area contributed by atoms with E-state index in [2.05, 4.69) is 191 Å². The molecule has 0 spiro atoms. The van der Waals surface area contributed by atoms with Gasteiger partial charge in [-0.1, -0.05) is 108 Å². The molecule has 302 valence electrons. The summed E-state index contributed by atoms with van der Waals surface area (Å²) in [7, 11) is 0. The highest BCUT2D eigenvalue weighted by atomic mass is 32.1. The monoisotopic (exact) mass is 830 g/mol. The zero-order valence-corrected chi connectivity index (χ0v) is 37.2. The van der Waals surface area contributed by atoms with Gasteiger partial charge in [0.15, 0.2) is 0 Å². The largest absolute Gasteiger partial charge is 0.456 e. The fourth-order valence-electron chi connectivity index (χ4n) is 11.3. The van der Waals surface area contributed by atoms with Crippen molar-refractivity contribution in [2.45, 2.75) is 59.3 Å². The number of benzene rings is 8. The third-order valence-corrected chi connectivity index (χ3v) is 15.5. The molecule has 0 saturated carbocycles. The fourth-order valence-corrected chi connectivity index (χ4v) is 12.4. The minimum atomic E-state index is -0.115. The lowest BCUT2D eigenvalue weighted by Crippen LogP contribution is -2.60. The third-order valence-electron chi connectivity index (χ3n) is 14.4.